The van der Waals surface area contributed by atoms with Crippen molar-refractivity contribution in [3.63, 3.8) is 0 Å². The summed E-state index contributed by atoms with van der Waals surface area (Å²) < 4.78 is 82.2. The van der Waals surface area contributed by atoms with E-state index in [9.17, 15) is 31.1 Å². The molecule has 1 N–H and O–H groups in total. The molecule has 3 heterocycles. The van der Waals surface area contributed by atoms with Gasteiger partial charge >= 0.3 is 12.4 Å². The lowest BCUT2D eigenvalue weighted by Gasteiger charge is -2.11. The third-order valence-electron chi connectivity index (χ3n) is 5.58. The Morgan fingerprint density at radius 3 is 2.38 bits per heavy atom. The lowest BCUT2D eigenvalue weighted by Crippen LogP contribution is -2.15. The summed E-state index contributed by atoms with van der Waals surface area (Å²) in [5.41, 5.74) is -1.61. The van der Waals surface area contributed by atoms with Gasteiger partial charge in [0.05, 0.1) is 29.7 Å². The summed E-state index contributed by atoms with van der Waals surface area (Å²) in [7, 11) is 0. The first kappa shape index (κ1) is 26.2. The van der Waals surface area contributed by atoms with Crippen LogP contribution in [0.4, 0.5) is 32.0 Å². The molecular formula is C25H15ClF6N6O. The fourth-order valence-electron chi connectivity index (χ4n) is 3.80. The number of hydrogen-bond donors (Lipinski definition) is 1. The molecule has 0 saturated carbocycles. The number of nitrogens with zero attached hydrogens (tertiary/aromatic N) is 5. The van der Waals surface area contributed by atoms with Crippen LogP contribution in [-0.2, 0) is 18.9 Å². The van der Waals surface area contributed by atoms with Crippen molar-refractivity contribution in [1.29, 1.82) is 0 Å². The van der Waals surface area contributed by atoms with E-state index in [0.717, 1.165) is 24.3 Å². The Kier molecular flexibility index (Phi) is 6.54. The molecule has 39 heavy (non-hydrogen) atoms. The molecule has 3 aromatic heterocycles. The molecule has 2 aromatic carbocycles. The second kappa shape index (κ2) is 9.73. The van der Waals surface area contributed by atoms with Gasteiger partial charge in [0.1, 0.15) is 0 Å². The molecule has 0 unspecified atom stereocenters. The van der Waals surface area contributed by atoms with Crippen molar-refractivity contribution in [2.75, 3.05) is 5.32 Å². The van der Waals surface area contributed by atoms with Crippen LogP contribution in [0.5, 0.6) is 0 Å². The van der Waals surface area contributed by atoms with Crippen LogP contribution in [0.1, 0.15) is 27.3 Å². The first-order valence-corrected chi connectivity index (χ1v) is 11.5. The van der Waals surface area contributed by atoms with Gasteiger partial charge in [0.25, 0.3) is 5.91 Å². The van der Waals surface area contributed by atoms with E-state index in [1.165, 1.54) is 53.5 Å². The average molecular weight is 565 g/mol. The fraction of sp³-hybridized carbons (Fsp3) is 0.120. The summed E-state index contributed by atoms with van der Waals surface area (Å²) in [5, 5.41) is 10.7. The average Bonchev–Trinajstić information content (AvgIpc) is 3.49. The van der Waals surface area contributed by atoms with Crippen LogP contribution in [0, 0.1) is 0 Å². The minimum absolute atomic E-state index is 0.00854. The van der Waals surface area contributed by atoms with Gasteiger partial charge in [-0.05, 0) is 35.9 Å². The van der Waals surface area contributed by atoms with Gasteiger partial charge in [0.15, 0.2) is 17.0 Å². The van der Waals surface area contributed by atoms with E-state index in [0.29, 0.717) is 20.7 Å². The van der Waals surface area contributed by atoms with Crippen molar-refractivity contribution in [1.82, 2.24) is 24.4 Å². The van der Waals surface area contributed by atoms with Crippen molar-refractivity contribution < 1.29 is 31.1 Å². The topological polar surface area (TPSA) is 77.1 Å². The second-order valence-corrected chi connectivity index (χ2v) is 8.85. The van der Waals surface area contributed by atoms with Crippen molar-refractivity contribution in [3.8, 4) is 11.3 Å². The number of amides is 1. The van der Waals surface area contributed by atoms with Crippen LogP contribution in [0.3, 0.4) is 0 Å². The Morgan fingerprint density at radius 2 is 1.69 bits per heavy atom. The van der Waals surface area contributed by atoms with Crippen molar-refractivity contribution in [2.24, 2.45) is 0 Å². The monoisotopic (exact) mass is 564 g/mol. The van der Waals surface area contributed by atoms with Gasteiger partial charge in [0, 0.05) is 22.8 Å². The molecule has 14 heteroatoms. The van der Waals surface area contributed by atoms with E-state index in [1.807, 2.05) is 0 Å². The minimum atomic E-state index is -4.80. The van der Waals surface area contributed by atoms with Crippen LogP contribution < -0.4 is 5.32 Å². The Hall–Kier alpha value is -4.39. The predicted molar refractivity (Wildman–Crippen MR) is 129 cm³/mol. The molecule has 0 radical (unpaired) electrons. The number of rotatable bonds is 5. The van der Waals surface area contributed by atoms with Gasteiger partial charge in [-0.15, -0.1) is 0 Å². The summed E-state index contributed by atoms with van der Waals surface area (Å²) in [6.07, 6.45) is -6.68. The fourth-order valence-corrected chi connectivity index (χ4v) is 3.92. The maximum Gasteiger partial charge on any atom is 0.433 e. The molecule has 7 nitrogen and oxygen atoms in total. The van der Waals surface area contributed by atoms with Crippen molar-refractivity contribution >= 4 is 28.8 Å². The first-order valence-electron chi connectivity index (χ1n) is 11.1. The number of aromatic nitrogens is 5. The molecule has 5 rings (SSSR count). The maximum absolute atomic E-state index is 13.8. The van der Waals surface area contributed by atoms with Crippen molar-refractivity contribution in [2.45, 2.75) is 18.9 Å². The Balaban J connectivity index is 1.39. The van der Waals surface area contributed by atoms with E-state index in [-0.39, 0.29) is 29.3 Å². The quantitative estimate of drug-likeness (QED) is 0.245. The van der Waals surface area contributed by atoms with E-state index < -0.39 is 29.5 Å². The molecule has 0 aliphatic carbocycles. The Bertz CT molecular complexity index is 1670. The number of benzene rings is 2. The number of halogens is 7. The van der Waals surface area contributed by atoms with Crippen LogP contribution >= 0.6 is 11.6 Å². The number of nitrogens with one attached hydrogen (secondary N) is 1. The Labute approximate surface area is 220 Å². The molecule has 0 fully saturated rings. The summed E-state index contributed by atoms with van der Waals surface area (Å²) in [6.45, 7) is -0.0134. The third kappa shape index (κ3) is 5.72. The number of fused-ring (bicyclic) bond motifs is 1. The number of hydrogen-bond acceptors (Lipinski definition) is 4. The van der Waals surface area contributed by atoms with Crippen LogP contribution in [0.15, 0.2) is 73.1 Å². The van der Waals surface area contributed by atoms with Gasteiger partial charge in [-0.1, -0.05) is 35.9 Å². The standard InChI is InChI=1S/C25H15ClF6N6O/c26-17-6-4-15(5-7-17)19-9-21(25(30,31)32)38-22(35-19)10-20(36-38)23(39)34-18-11-33-37(13-18)12-14-2-1-3-16(8-14)24(27,28)29/h1-11,13H,12H2,(H,34,39). The Morgan fingerprint density at radius 1 is 0.949 bits per heavy atom. The normalized spacial score (nSPS) is 12.2. The zero-order valence-corrected chi connectivity index (χ0v) is 20.2. The summed E-state index contributed by atoms with van der Waals surface area (Å²) >= 11 is 5.86. The van der Waals surface area contributed by atoms with Crippen LogP contribution in [-0.4, -0.2) is 30.3 Å². The largest absolute Gasteiger partial charge is 0.433 e. The van der Waals surface area contributed by atoms with E-state index in [2.05, 4.69) is 20.5 Å². The highest BCUT2D eigenvalue weighted by molar-refractivity contribution is 6.30. The van der Waals surface area contributed by atoms with Gasteiger partial charge < -0.3 is 5.32 Å². The maximum atomic E-state index is 13.8. The predicted octanol–water partition coefficient (Wildman–Crippen LogP) is 6.58. The lowest BCUT2D eigenvalue weighted by molar-refractivity contribution is -0.142. The molecule has 0 atom stereocenters. The highest BCUT2D eigenvalue weighted by Crippen LogP contribution is 2.33. The molecule has 1 amide bonds. The third-order valence-corrected chi connectivity index (χ3v) is 5.83. The SMILES string of the molecule is O=C(Nc1cnn(Cc2cccc(C(F)(F)F)c2)c1)c1cc2nc(-c3ccc(Cl)cc3)cc(C(F)(F)F)n2n1. The van der Waals surface area contributed by atoms with Crippen LogP contribution in [0.2, 0.25) is 5.02 Å². The molecule has 0 bridgehead atoms. The molecule has 0 aliphatic heterocycles. The minimum Gasteiger partial charge on any atom is -0.318 e. The molecule has 200 valence electrons. The van der Waals surface area contributed by atoms with Crippen molar-refractivity contribution in [3.05, 3.63) is 101 Å². The van der Waals surface area contributed by atoms with E-state index in [4.69, 9.17) is 11.6 Å². The summed E-state index contributed by atoms with van der Waals surface area (Å²) in [5.74, 6) is -0.833. The van der Waals surface area contributed by atoms with Gasteiger partial charge in [-0.3, -0.25) is 9.48 Å². The number of carbonyl (C=O) groups excluding carboxylic acids is 1. The highest BCUT2D eigenvalue weighted by Gasteiger charge is 2.36. The van der Waals surface area contributed by atoms with Gasteiger partial charge in [-0.2, -0.15) is 36.5 Å². The molecule has 0 saturated heterocycles. The first-order chi connectivity index (χ1) is 18.4. The molecule has 0 aliphatic rings. The zero-order valence-electron chi connectivity index (χ0n) is 19.4. The molecular weight excluding hydrogens is 550 g/mol. The second-order valence-electron chi connectivity index (χ2n) is 8.41. The van der Waals surface area contributed by atoms with Gasteiger partial charge in [0.2, 0.25) is 0 Å². The number of alkyl halides is 6. The smallest absolute Gasteiger partial charge is 0.318 e. The number of carbonyl (C=O) groups is 1. The zero-order chi connectivity index (χ0) is 27.9. The lowest BCUT2D eigenvalue weighted by atomic mass is 10.1. The molecule has 5 aromatic rings. The summed E-state index contributed by atoms with van der Waals surface area (Å²) in [4.78, 5) is 17.0. The number of anilines is 1. The summed E-state index contributed by atoms with van der Waals surface area (Å²) in [6, 6.07) is 12.7. The molecule has 0 spiro atoms. The van der Waals surface area contributed by atoms with Gasteiger partial charge in [-0.25, -0.2) is 9.50 Å². The van der Waals surface area contributed by atoms with E-state index >= 15 is 0 Å². The highest BCUT2D eigenvalue weighted by atomic mass is 35.5. The van der Waals surface area contributed by atoms with Crippen LogP contribution in [0.25, 0.3) is 16.9 Å². The van der Waals surface area contributed by atoms with E-state index in [1.54, 1.807) is 0 Å².